The zero-order chi connectivity index (χ0) is 21.9. The average Bonchev–Trinajstić information content (AvgIpc) is 3.21. The molecule has 2 atom stereocenters. The Balaban J connectivity index is 1.61. The van der Waals surface area contributed by atoms with Gasteiger partial charge in [0.05, 0.1) is 6.04 Å². The predicted molar refractivity (Wildman–Crippen MR) is 113 cm³/mol. The molecule has 1 saturated heterocycles. The van der Waals surface area contributed by atoms with E-state index in [0.29, 0.717) is 29.8 Å². The third kappa shape index (κ3) is 4.79. The van der Waals surface area contributed by atoms with Gasteiger partial charge in [0.15, 0.2) is 5.75 Å². The fraction of sp³-hybridized carbons (Fsp3) is 0.391. The lowest BCUT2D eigenvalue weighted by atomic mass is 9.86. The Morgan fingerprint density at radius 2 is 1.83 bits per heavy atom. The molecule has 2 unspecified atom stereocenters. The van der Waals surface area contributed by atoms with Crippen molar-refractivity contribution in [2.45, 2.75) is 45.7 Å². The monoisotopic (exact) mass is 413 g/mol. The first kappa shape index (κ1) is 21.8. The molecule has 1 aliphatic heterocycles. The van der Waals surface area contributed by atoms with Crippen LogP contribution in [-0.4, -0.2) is 35.3 Å². The van der Waals surface area contributed by atoms with E-state index in [1.54, 1.807) is 42.5 Å². The number of nitrogens with two attached hydrogens (primary N) is 1. The van der Waals surface area contributed by atoms with Gasteiger partial charge >= 0.3 is 0 Å². The van der Waals surface area contributed by atoms with Crippen molar-refractivity contribution in [1.29, 1.82) is 0 Å². The highest BCUT2D eigenvalue weighted by Crippen LogP contribution is 2.26. The van der Waals surface area contributed by atoms with Gasteiger partial charge in [0.2, 0.25) is 5.91 Å². The standard InChI is InChI=1S/C23H28FN3O3/c1-23(2,3)20(25)22(29)27-14-6-9-19(27)21(28)26-30-16-12-10-15(11-13-16)17-7-4-5-8-18(17)24/h4-5,7-8,10-13,19-20H,6,9,14,25H2,1-3H3,(H,26,28). The normalized spacial score (nSPS) is 17.5. The van der Waals surface area contributed by atoms with Crippen LogP contribution in [0.3, 0.4) is 0 Å². The number of carbonyl (C=O) groups is 2. The second-order valence-corrected chi connectivity index (χ2v) is 8.61. The van der Waals surface area contributed by atoms with Crippen molar-refractivity contribution in [3.63, 3.8) is 0 Å². The molecule has 1 aliphatic rings. The SMILES string of the molecule is CC(C)(C)C(N)C(=O)N1CCCC1C(=O)NOc1ccc(-c2ccccc2F)cc1. The van der Waals surface area contributed by atoms with Crippen molar-refractivity contribution in [1.82, 2.24) is 10.4 Å². The number of rotatable bonds is 5. The van der Waals surface area contributed by atoms with E-state index < -0.39 is 17.5 Å². The van der Waals surface area contributed by atoms with Crippen LogP contribution in [0, 0.1) is 11.2 Å². The van der Waals surface area contributed by atoms with Crippen LogP contribution in [0.25, 0.3) is 11.1 Å². The molecule has 1 fully saturated rings. The number of likely N-dealkylation sites (tertiary alicyclic amines) is 1. The van der Waals surface area contributed by atoms with Crippen LogP contribution in [-0.2, 0) is 9.59 Å². The first-order valence-corrected chi connectivity index (χ1v) is 10.1. The molecule has 1 heterocycles. The quantitative estimate of drug-likeness (QED) is 0.737. The van der Waals surface area contributed by atoms with Gasteiger partial charge in [0.1, 0.15) is 11.9 Å². The van der Waals surface area contributed by atoms with E-state index in [0.717, 1.165) is 6.42 Å². The summed E-state index contributed by atoms with van der Waals surface area (Å²) in [6, 6.07) is 11.9. The van der Waals surface area contributed by atoms with E-state index in [2.05, 4.69) is 5.48 Å². The van der Waals surface area contributed by atoms with Gasteiger partial charge in [-0.25, -0.2) is 4.39 Å². The first-order chi connectivity index (χ1) is 14.2. The summed E-state index contributed by atoms with van der Waals surface area (Å²) < 4.78 is 13.9. The van der Waals surface area contributed by atoms with E-state index in [-0.39, 0.29) is 17.6 Å². The molecule has 0 aliphatic carbocycles. The molecular weight excluding hydrogens is 385 g/mol. The van der Waals surface area contributed by atoms with Crippen molar-refractivity contribution in [2.75, 3.05) is 6.54 Å². The van der Waals surface area contributed by atoms with Gasteiger partial charge in [0.25, 0.3) is 5.91 Å². The lowest BCUT2D eigenvalue weighted by Gasteiger charge is -2.32. The summed E-state index contributed by atoms with van der Waals surface area (Å²) in [7, 11) is 0. The van der Waals surface area contributed by atoms with Gasteiger partial charge < -0.3 is 15.5 Å². The summed E-state index contributed by atoms with van der Waals surface area (Å²) in [6.07, 6.45) is 1.29. The van der Waals surface area contributed by atoms with E-state index >= 15 is 0 Å². The highest BCUT2D eigenvalue weighted by Gasteiger charge is 2.39. The van der Waals surface area contributed by atoms with Crippen molar-refractivity contribution in [3.05, 3.63) is 54.3 Å². The molecule has 0 spiro atoms. The van der Waals surface area contributed by atoms with Gasteiger partial charge in [0, 0.05) is 12.1 Å². The average molecular weight is 413 g/mol. The summed E-state index contributed by atoms with van der Waals surface area (Å²) in [5, 5.41) is 0. The zero-order valence-corrected chi connectivity index (χ0v) is 17.5. The van der Waals surface area contributed by atoms with E-state index in [4.69, 9.17) is 10.6 Å². The minimum absolute atomic E-state index is 0.227. The molecule has 0 aromatic heterocycles. The van der Waals surface area contributed by atoms with Gasteiger partial charge in [-0.1, -0.05) is 51.1 Å². The number of halogens is 1. The van der Waals surface area contributed by atoms with Crippen molar-refractivity contribution in [3.8, 4) is 16.9 Å². The molecule has 7 heteroatoms. The minimum atomic E-state index is -0.683. The molecule has 30 heavy (non-hydrogen) atoms. The Morgan fingerprint density at radius 3 is 2.47 bits per heavy atom. The number of hydrogen-bond acceptors (Lipinski definition) is 4. The third-order valence-corrected chi connectivity index (χ3v) is 5.35. The fourth-order valence-electron chi connectivity index (χ4n) is 3.43. The first-order valence-electron chi connectivity index (χ1n) is 10.1. The van der Waals surface area contributed by atoms with Crippen LogP contribution >= 0.6 is 0 Å². The van der Waals surface area contributed by atoms with Crippen LogP contribution < -0.4 is 16.1 Å². The van der Waals surface area contributed by atoms with Crippen LogP contribution in [0.15, 0.2) is 48.5 Å². The van der Waals surface area contributed by atoms with Gasteiger partial charge in [-0.3, -0.25) is 9.59 Å². The van der Waals surface area contributed by atoms with E-state index in [1.165, 1.54) is 11.0 Å². The summed E-state index contributed by atoms with van der Waals surface area (Å²) >= 11 is 0. The number of amides is 2. The number of nitrogens with zero attached hydrogens (tertiary/aromatic N) is 1. The van der Waals surface area contributed by atoms with Gasteiger partial charge in [-0.2, -0.15) is 5.48 Å². The summed E-state index contributed by atoms with van der Waals surface area (Å²) in [6.45, 7) is 6.19. The van der Waals surface area contributed by atoms with E-state index in [1.807, 2.05) is 20.8 Å². The second kappa shape index (κ2) is 8.83. The number of carbonyl (C=O) groups excluding carboxylic acids is 2. The Morgan fingerprint density at radius 1 is 1.17 bits per heavy atom. The van der Waals surface area contributed by atoms with Gasteiger partial charge in [-0.15, -0.1) is 0 Å². The molecule has 160 valence electrons. The molecular formula is C23H28FN3O3. The van der Waals surface area contributed by atoms with Crippen LogP contribution in [0.1, 0.15) is 33.6 Å². The maximum Gasteiger partial charge on any atom is 0.275 e. The molecule has 0 radical (unpaired) electrons. The van der Waals surface area contributed by atoms with E-state index in [9.17, 15) is 14.0 Å². The zero-order valence-electron chi connectivity index (χ0n) is 17.5. The minimum Gasteiger partial charge on any atom is -0.379 e. The highest BCUT2D eigenvalue weighted by atomic mass is 19.1. The number of hydroxylamine groups is 1. The van der Waals surface area contributed by atoms with Crippen molar-refractivity contribution in [2.24, 2.45) is 11.1 Å². The van der Waals surface area contributed by atoms with Crippen LogP contribution in [0.5, 0.6) is 5.75 Å². The largest absolute Gasteiger partial charge is 0.379 e. The molecule has 3 N–H and O–H groups in total. The summed E-state index contributed by atoms with van der Waals surface area (Å²) in [5.74, 6) is -0.515. The molecule has 3 rings (SSSR count). The topological polar surface area (TPSA) is 84.7 Å². The van der Waals surface area contributed by atoms with Crippen LogP contribution in [0.2, 0.25) is 0 Å². The predicted octanol–water partition coefficient (Wildman–Crippen LogP) is 3.27. The Hall–Kier alpha value is -2.93. The number of benzene rings is 2. The molecule has 0 saturated carbocycles. The number of nitrogens with one attached hydrogen (secondary N) is 1. The molecule has 2 amide bonds. The summed E-state index contributed by atoms with van der Waals surface area (Å²) in [5.41, 5.74) is 9.32. The third-order valence-electron chi connectivity index (χ3n) is 5.35. The second-order valence-electron chi connectivity index (χ2n) is 8.61. The highest BCUT2D eigenvalue weighted by molar-refractivity contribution is 5.90. The Labute approximate surface area is 176 Å². The Bertz CT molecular complexity index is 909. The lowest BCUT2D eigenvalue weighted by molar-refractivity contribution is -0.143. The number of hydrogen-bond donors (Lipinski definition) is 2. The maximum absolute atomic E-state index is 13.9. The molecule has 6 nitrogen and oxygen atoms in total. The fourth-order valence-corrected chi connectivity index (χ4v) is 3.43. The van der Waals surface area contributed by atoms with Crippen LogP contribution in [0.4, 0.5) is 4.39 Å². The maximum atomic E-state index is 13.9. The van der Waals surface area contributed by atoms with Crippen molar-refractivity contribution >= 4 is 11.8 Å². The molecule has 0 bridgehead atoms. The Kier molecular flexibility index (Phi) is 6.41. The molecule has 2 aromatic rings. The summed E-state index contributed by atoms with van der Waals surface area (Å²) in [4.78, 5) is 32.3. The smallest absolute Gasteiger partial charge is 0.275 e. The lowest BCUT2D eigenvalue weighted by Crippen LogP contribution is -2.55. The molecule has 2 aromatic carbocycles. The van der Waals surface area contributed by atoms with Gasteiger partial charge in [-0.05, 0) is 42.0 Å². The van der Waals surface area contributed by atoms with Crippen molar-refractivity contribution < 1.29 is 18.8 Å².